The van der Waals surface area contributed by atoms with E-state index in [1.165, 1.54) is 0 Å². The fourth-order valence-electron chi connectivity index (χ4n) is 6.44. The zero-order valence-corrected chi connectivity index (χ0v) is 31.4. The Kier molecular flexibility index (Phi) is 17.0. The van der Waals surface area contributed by atoms with Crippen molar-refractivity contribution >= 4 is 34.6 Å². The summed E-state index contributed by atoms with van der Waals surface area (Å²) in [5.74, 6) is -1.18. The molecule has 4 rings (SSSR count). The number of nitrogens with zero attached hydrogens (tertiary/aromatic N) is 1. The van der Waals surface area contributed by atoms with Crippen LogP contribution < -0.4 is 21.3 Å². The number of carbonyl (C=O) groups is 4. The maximum Gasteiger partial charge on any atom is 0.408 e. The first-order chi connectivity index (χ1) is 25.6. The van der Waals surface area contributed by atoms with Crippen molar-refractivity contribution < 1.29 is 33.8 Å². The number of benzene rings is 3. The van der Waals surface area contributed by atoms with E-state index in [1.807, 2.05) is 93.6 Å². The first kappa shape index (κ1) is 41.2. The molecule has 0 spiro atoms. The van der Waals surface area contributed by atoms with E-state index in [1.54, 1.807) is 0 Å². The van der Waals surface area contributed by atoms with Crippen LogP contribution in [0.4, 0.5) is 4.79 Å². The number of carbonyl (C=O) groups excluding carboxylic acids is 4. The summed E-state index contributed by atoms with van der Waals surface area (Å²) in [7, 11) is 0. The second-order valence-corrected chi connectivity index (χ2v) is 14.1. The Balaban J connectivity index is 1.44. The Labute approximate surface area is 313 Å². The van der Waals surface area contributed by atoms with Crippen LogP contribution in [0.15, 0.2) is 72.8 Å². The van der Waals surface area contributed by atoms with Gasteiger partial charge in [-0.05, 0) is 40.7 Å². The summed E-state index contributed by atoms with van der Waals surface area (Å²) < 4.78 is 10.9. The van der Waals surface area contributed by atoms with Crippen LogP contribution in [0.1, 0.15) is 64.0 Å². The van der Waals surface area contributed by atoms with E-state index in [2.05, 4.69) is 26.2 Å². The van der Waals surface area contributed by atoms with Gasteiger partial charge in [0.15, 0.2) is 0 Å². The molecule has 0 aliphatic carbocycles. The molecule has 0 aromatic heterocycles. The van der Waals surface area contributed by atoms with E-state index in [4.69, 9.17) is 9.47 Å². The lowest BCUT2D eigenvalue weighted by Gasteiger charge is -2.29. The number of ether oxygens (including phenoxy) is 2. The molecule has 4 atom stereocenters. The molecule has 1 aliphatic heterocycles. The highest BCUT2D eigenvalue weighted by Gasteiger charge is 2.31. The third kappa shape index (κ3) is 14.1. The second-order valence-electron chi connectivity index (χ2n) is 14.1. The lowest BCUT2D eigenvalue weighted by molar-refractivity contribution is -0.131. The minimum absolute atomic E-state index is 0.0300. The van der Waals surface area contributed by atoms with Crippen molar-refractivity contribution in [3.63, 3.8) is 0 Å². The topological polar surface area (TPSA) is 158 Å². The molecule has 1 fully saturated rings. The highest BCUT2D eigenvalue weighted by Crippen LogP contribution is 2.20. The Morgan fingerprint density at radius 3 is 2.30 bits per heavy atom. The van der Waals surface area contributed by atoms with Gasteiger partial charge in [0.05, 0.1) is 31.8 Å². The van der Waals surface area contributed by atoms with Crippen LogP contribution in [-0.4, -0.2) is 97.4 Å². The minimum Gasteiger partial charge on any atom is -0.445 e. The number of morpholine rings is 1. The molecule has 3 aromatic carbocycles. The number of aliphatic hydroxyl groups excluding tert-OH is 1. The number of rotatable bonds is 20. The lowest BCUT2D eigenvalue weighted by Crippen LogP contribution is -2.57. The van der Waals surface area contributed by atoms with Gasteiger partial charge in [-0.15, -0.1) is 0 Å². The predicted molar refractivity (Wildman–Crippen MR) is 205 cm³/mol. The fraction of sp³-hybridized carbons (Fsp3) is 0.512. The summed E-state index contributed by atoms with van der Waals surface area (Å²) in [6.45, 7) is 10.1. The second kappa shape index (κ2) is 21.9. The highest BCUT2D eigenvalue weighted by atomic mass is 16.5. The monoisotopic (exact) mass is 731 g/mol. The molecule has 12 nitrogen and oxygen atoms in total. The van der Waals surface area contributed by atoms with Crippen LogP contribution in [0.3, 0.4) is 0 Å². The first-order valence-electron chi connectivity index (χ1n) is 18.9. The first-order valence-corrected chi connectivity index (χ1v) is 18.9. The number of nitrogens with one attached hydrogen (secondary N) is 4. The fourth-order valence-corrected chi connectivity index (χ4v) is 6.44. The zero-order chi connectivity index (χ0) is 38.0. The van der Waals surface area contributed by atoms with Crippen molar-refractivity contribution in [1.82, 2.24) is 26.2 Å². The third-order valence-electron chi connectivity index (χ3n) is 9.37. The van der Waals surface area contributed by atoms with E-state index in [9.17, 15) is 24.3 Å². The molecule has 5 N–H and O–H groups in total. The largest absolute Gasteiger partial charge is 0.445 e. The van der Waals surface area contributed by atoms with Gasteiger partial charge in [-0.2, -0.15) is 0 Å². The number of aliphatic hydroxyl groups is 1. The molecule has 0 radical (unpaired) electrons. The predicted octanol–water partition coefficient (Wildman–Crippen LogP) is 4.08. The van der Waals surface area contributed by atoms with Crippen LogP contribution in [-0.2, 0) is 36.9 Å². The number of unbranched alkanes of at least 4 members (excludes halogenated alkanes) is 1. The maximum atomic E-state index is 14.1. The molecule has 1 saturated heterocycles. The summed E-state index contributed by atoms with van der Waals surface area (Å²) in [5.41, 5.74) is 1.65. The Hall–Kier alpha value is -4.52. The number of alkyl carbamates (subject to hydrolysis) is 1. The molecule has 3 aromatic rings. The summed E-state index contributed by atoms with van der Waals surface area (Å²) in [6.07, 6.45) is 0.314. The van der Waals surface area contributed by atoms with Gasteiger partial charge in [0.25, 0.3) is 0 Å². The van der Waals surface area contributed by atoms with Gasteiger partial charge in [0.1, 0.15) is 18.7 Å². The smallest absolute Gasteiger partial charge is 0.408 e. The summed E-state index contributed by atoms with van der Waals surface area (Å²) in [5, 5.41) is 24.6. The molecule has 0 unspecified atom stereocenters. The standard InChI is InChI=1S/C41H57N5O7/c1-4-5-18-34(39(49)44-35(25-29(2)3)37(47)27-38(48)42-19-20-46-21-23-52-24-22-46)43-40(50)36(45-41(51)53-28-30-12-7-6-8-13-30)26-32-16-11-15-31-14-9-10-17-33(31)32/h6-17,29,34-37,47H,4-5,18-28H2,1-3H3,(H,42,48)(H,43,50)(H,44,49)(H,45,51)/t34-,35-,36-,37-/m0/s1. The Morgan fingerprint density at radius 2 is 1.57 bits per heavy atom. The van der Waals surface area contributed by atoms with Gasteiger partial charge in [-0.25, -0.2) is 4.79 Å². The molecule has 1 aliphatic rings. The molecule has 0 saturated carbocycles. The van der Waals surface area contributed by atoms with Crippen LogP contribution in [0, 0.1) is 5.92 Å². The number of amides is 4. The minimum atomic E-state index is -1.13. The van der Waals surface area contributed by atoms with Gasteiger partial charge in [-0.3, -0.25) is 19.3 Å². The van der Waals surface area contributed by atoms with Crippen molar-refractivity contribution in [3.8, 4) is 0 Å². The van der Waals surface area contributed by atoms with Crippen LogP contribution in [0.2, 0.25) is 0 Å². The quantitative estimate of drug-likeness (QED) is 0.116. The molecule has 1 heterocycles. The van der Waals surface area contributed by atoms with E-state index < -0.39 is 42.1 Å². The number of hydrogen-bond donors (Lipinski definition) is 5. The molecule has 4 amide bonds. The lowest BCUT2D eigenvalue weighted by atomic mass is 9.96. The highest BCUT2D eigenvalue weighted by molar-refractivity contribution is 5.92. The third-order valence-corrected chi connectivity index (χ3v) is 9.37. The maximum absolute atomic E-state index is 14.1. The molecule has 53 heavy (non-hydrogen) atoms. The van der Waals surface area contributed by atoms with Crippen molar-refractivity contribution in [2.45, 2.75) is 90.1 Å². The average molecular weight is 732 g/mol. The van der Waals surface area contributed by atoms with Crippen molar-refractivity contribution in [2.75, 3.05) is 39.4 Å². The average Bonchev–Trinajstić information content (AvgIpc) is 3.15. The van der Waals surface area contributed by atoms with Crippen molar-refractivity contribution in [1.29, 1.82) is 0 Å². The van der Waals surface area contributed by atoms with E-state index in [-0.39, 0.29) is 31.3 Å². The Morgan fingerprint density at radius 1 is 0.868 bits per heavy atom. The summed E-state index contributed by atoms with van der Waals surface area (Å²) in [4.78, 5) is 56.0. The van der Waals surface area contributed by atoms with Crippen LogP contribution in [0.25, 0.3) is 10.8 Å². The van der Waals surface area contributed by atoms with E-state index >= 15 is 0 Å². The normalized spacial score (nSPS) is 15.6. The molecular weight excluding hydrogens is 674 g/mol. The number of hydrogen-bond acceptors (Lipinski definition) is 8. The van der Waals surface area contributed by atoms with Gasteiger partial charge in [0, 0.05) is 32.6 Å². The van der Waals surface area contributed by atoms with Crippen molar-refractivity contribution in [3.05, 3.63) is 83.9 Å². The molecule has 12 heteroatoms. The van der Waals surface area contributed by atoms with Crippen LogP contribution >= 0.6 is 0 Å². The summed E-state index contributed by atoms with van der Waals surface area (Å²) >= 11 is 0. The molecule has 0 bridgehead atoms. The van der Waals surface area contributed by atoms with Gasteiger partial charge in [-0.1, -0.05) is 106 Å². The van der Waals surface area contributed by atoms with Crippen LogP contribution in [0.5, 0.6) is 0 Å². The van der Waals surface area contributed by atoms with Gasteiger partial charge >= 0.3 is 6.09 Å². The van der Waals surface area contributed by atoms with Gasteiger partial charge < -0.3 is 35.8 Å². The van der Waals surface area contributed by atoms with E-state index in [0.717, 1.165) is 41.4 Å². The zero-order valence-electron chi connectivity index (χ0n) is 31.4. The molecule has 288 valence electrons. The van der Waals surface area contributed by atoms with E-state index in [0.29, 0.717) is 45.6 Å². The SMILES string of the molecule is CCCC[C@H](NC(=O)[C@H](Cc1cccc2ccccc12)NC(=O)OCc1ccccc1)C(=O)N[C@@H](CC(C)C)[C@@H](O)CC(=O)NCCN1CCOCC1. The Bertz CT molecular complexity index is 1590. The number of fused-ring (bicyclic) bond motifs is 1. The van der Waals surface area contributed by atoms with Crippen molar-refractivity contribution in [2.24, 2.45) is 5.92 Å². The molecular formula is C41H57N5O7. The summed E-state index contributed by atoms with van der Waals surface area (Å²) in [6, 6.07) is 20.2. The van der Waals surface area contributed by atoms with Gasteiger partial charge in [0.2, 0.25) is 17.7 Å².